The van der Waals surface area contributed by atoms with E-state index in [0.717, 1.165) is 35.2 Å². The molecule has 0 aliphatic carbocycles. The molecule has 0 bridgehead atoms. The molecule has 2 aromatic heterocycles. The summed E-state index contributed by atoms with van der Waals surface area (Å²) in [7, 11) is 1.84. The molecule has 1 saturated heterocycles. The van der Waals surface area contributed by atoms with Crippen molar-refractivity contribution in [1.82, 2.24) is 25.6 Å². The fourth-order valence-corrected chi connectivity index (χ4v) is 3.96. The molecule has 0 atom stereocenters. The summed E-state index contributed by atoms with van der Waals surface area (Å²) in [6.45, 7) is 8.40. The lowest BCUT2D eigenvalue weighted by molar-refractivity contribution is -0.121. The van der Waals surface area contributed by atoms with E-state index in [1.54, 1.807) is 11.6 Å². The first kappa shape index (κ1) is 19.3. The first-order valence-corrected chi connectivity index (χ1v) is 9.57. The van der Waals surface area contributed by atoms with Crippen LogP contribution in [-0.4, -0.2) is 52.9 Å². The van der Waals surface area contributed by atoms with Gasteiger partial charge in [0.2, 0.25) is 5.91 Å². The van der Waals surface area contributed by atoms with Crippen molar-refractivity contribution in [2.24, 2.45) is 7.05 Å². The predicted octanol–water partition coefficient (Wildman–Crippen LogP) is 0.642. The third-order valence-electron chi connectivity index (χ3n) is 4.58. The highest BCUT2D eigenvalue weighted by Crippen LogP contribution is 2.26. The minimum Gasteiger partial charge on any atom is -0.378 e. The van der Waals surface area contributed by atoms with Crippen molar-refractivity contribution in [2.75, 3.05) is 31.2 Å². The van der Waals surface area contributed by atoms with Crippen LogP contribution in [0.15, 0.2) is 0 Å². The summed E-state index contributed by atoms with van der Waals surface area (Å²) in [4.78, 5) is 31.7. The Balaban J connectivity index is 1.59. The Kier molecular flexibility index (Phi) is 5.76. The molecule has 0 aromatic carbocycles. The summed E-state index contributed by atoms with van der Waals surface area (Å²) in [6.07, 6.45) is 0.159. The van der Waals surface area contributed by atoms with E-state index in [-0.39, 0.29) is 18.2 Å². The van der Waals surface area contributed by atoms with Crippen molar-refractivity contribution in [1.29, 1.82) is 0 Å². The number of ether oxygens (including phenoxy) is 1. The number of thiazole rings is 1. The molecule has 0 spiro atoms. The molecule has 1 aliphatic heterocycles. The maximum absolute atomic E-state index is 12.4. The summed E-state index contributed by atoms with van der Waals surface area (Å²) in [5, 5.41) is 5.09. The highest BCUT2D eigenvalue weighted by molar-refractivity contribution is 7.17. The minimum atomic E-state index is -0.363. The van der Waals surface area contributed by atoms with Crippen LogP contribution in [0.3, 0.4) is 0 Å². The van der Waals surface area contributed by atoms with Crippen molar-refractivity contribution < 1.29 is 14.3 Å². The van der Waals surface area contributed by atoms with Gasteiger partial charge in [-0.25, -0.2) is 4.98 Å². The molecule has 2 amide bonds. The van der Waals surface area contributed by atoms with E-state index < -0.39 is 0 Å². The number of hydrogen-bond donors (Lipinski definition) is 2. The van der Waals surface area contributed by atoms with Crippen LogP contribution in [0.1, 0.15) is 32.3 Å². The van der Waals surface area contributed by atoms with Gasteiger partial charge in [0.15, 0.2) is 5.13 Å². The number of morpholine rings is 1. The molecule has 3 rings (SSSR count). The van der Waals surface area contributed by atoms with Crippen LogP contribution < -0.4 is 15.8 Å². The molecule has 2 N–H and O–H groups in total. The molecule has 1 aliphatic rings. The molecule has 3 heterocycles. The first-order valence-electron chi connectivity index (χ1n) is 8.75. The predicted molar refractivity (Wildman–Crippen MR) is 102 cm³/mol. The molecular weight excluding hydrogens is 368 g/mol. The van der Waals surface area contributed by atoms with Gasteiger partial charge in [-0.3, -0.25) is 25.1 Å². The zero-order valence-electron chi connectivity index (χ0n) is 16.0. The third-order valence-corrected chi connectivity index (χ3v) is 5.80. The van der Waals surface area contributed by atoms with E-state index in [1.165, 1.54) is 11.3 Å². The molecule has 9 nitrogen and oxygen atoms in total. The number of carbonyl (C=O) groups excluding carboxylic acids is 2. The second-order valence-corrected chi connectivity index (χ2v) is 7.44. The Bertz CT molecular complexity index is 853. The first-order chi connectivity index (χ1) is 12.9. The Labute approximate surface area is 161 Å². The number of aromatic nitrogens is 3. The minimum absolute atomic E-state index is 0.159. The molecule has 0 radical (unpaired) electrons. The Morgan fingerprint density at radius 3 is 2.48 bits per heavy atom. The monoisotopic (exact) mass is 392 g/mol. The average Bonchev–Trinajstić information content (AvgIpc) is 3.15. The Morgan fingerprint density at radius 1 is 1.15 bits per heavy atom. The Hall–Kier alpha value is -2.46. The van der Waals surface area contributed by atoms with Gasteiger partial charge in [-0.05, 0) is 20.8 Å². The van der Waals surface area contributed by atoms with Gasteiger partial charge in [0.25, 0.3) is 5.91 Å². The molecule has 27 heavy (non-hydrogen) atoms. The van der Waals surface area contributed by atoms with Gasteiger partial charge in [-0.1, -0.05) is 11.3 Å². The molecule has 0 saturated carbocycles. The van der Waals surface area contributed by atoms with Gasteiger partial charge in [-0.2, -0.15) is 5.10 Å². The van der Waals surface area contributed by atoms with E-state index in [4.69, 9.17) is 4.74 Å². The summed E-state index contributed by atoms with van der Waals surface area (Å²) < 4.78 is 7.08. The number of carbonyl (C=O) groups is 2. The quantitative estimate of drug-likeness (QED) is 0.741. The lowest BCUT2D eigenvalue weighted by Crippen LogP contribution is -2.42. The number of nitrogens with one attached hydrogen (secondary N) is 2. The Morgan fingerprint density at radius 2 is 1.85 bits per heavy atom. The summed E-state index contributed by atoms with van der Waals surface area (Å²) in [5.41, 5.74) is 8.22. The fraction of sp³-hybridized carbons (Fsp3) is 0.529. The number of hydrazine groups is 1. The molecule has 0 unspecified atom stereocenters. The standard InChI is InChI=1S/C17H24N6O3S/c1-10-13(12(3)22(4)21-10)9-14(24)19-20-16(25)15-11(2)18-17(27-15)23-5-7-26-8-6-23/h5-9H2,1-4H3,(H,19,24)(H,20,25). The largest absolute Gasteiger partial charge is 0.378 e. The molecule has 146 valence electrons. The highest BCUT2D eigenvalue weighted by atomic mass is 32.1. The normalized spacial score (nSPS) is 14.3. The van der Waals surface area contributed by atoms with Gasteiger partial charge in [-0.15, -0.1) is 0 Å². The van der Waals surface area contributed by atoms with Gasteiger partial charge in [0.05, 0.1) is 31.0 Å². The number of anilines is 1. The topological polar surface area (TPSA) is 101 Å². The van der Waals surface area contributed by atoms with Gasteiger partial charge >= 0.3 is 0 Å². The molecular formula is C17H24N6O3S. The lowest BCUT2D eigenvalue weighted by atomic mass is 10.1. The van der Waals surface area contributed by atoms with Gasteiger partial charge < -0.3 is 9.64 Å². The molecule has 10 heteroatoms. The lowest BCUT2D eigenvalue weighted by Gasteiger charge is -2.25. The SMILES string of the molecule is Cc1nc(N2CCOCC2)sc1C(=O)NNC(=O)Cc1c(C)nn(C)c1C. The zero-order chi connectivity index (χ0) is 19.6. The number of nitrogens with zero attached hydrogens (tertiary/aromatic N) is 4. The molecule has 1 fully saturated rings. The second kappa shape index (κ2) is 8.05. The second-order valence-electron chi connectivity index (χ2n) is 6.46. The highest BCUT2D eigenvalue weighted by Gasteiger charge is 2.21. The van der Waals surface area contributed by atoms with E-state index in [9.17, 15) is 9.59 Å². The van der Waals surface area contributed by atoms with Gasteiger partial charge in [0.1, 0.15) is 4.88 Å². The van der Waals surface area contributed by atoms with Crippen molar-refractivity contribution in [3.63, 3.8) is 0 Å². The van der Waals surface area contributed by atoms with E-state index in [1.807, 2.05) is 20.9 Å². The zero-order valence-corrected chi connectivity index (χ0v) is 16.8. The number of aryl methyl sites for hydroxylation is 3. The smallest absolute Gasteiger partial charge is 0.281 e. The van der Waals surface area contributed by atoms with E-state index >= 15 is 0 Å². The maximum atomic E-state index is 12.4. The average molecular weight is 392 g/mol. The van der Waals surface area contributed by atoms with Crippen LogP contribution in [-0.2, 0) is 23.0 Å². The van der Waals surface area contributed by atoms with E-state index in [2.05, 4.69) is 25.8 Å². The van der Waals surface area contributed by atoms with Crippen molar-refractivity contribution >= 4 is 28.3 Å². The van der Waals surface area contributed by atoms with Crippen LogP contribution in [0.5, 0.6) is 0 Å². The molecule has 2 aromatic rings. The third kappa shape index (κ3) is 4.28. The van der Waals surface area contributed by atoms with E-state index in [0.29, 0.717) is 23.8 Å². The van der Waals surface area contributed by atoms with Crippen LogP contribution in [0.4, 0.5) is 5.13 Å². The van der Waals surface area contributed by atoms with Crippen molar-refractivity contribution in [3.8, 4) is 0 Å². The van der Waals surface area contributed by atoms with Crippen molar-refractivity contribution in [2.45, 2.75) is 27.2 Å². The maximum Gasteiger partial charge on any atom is 0.281 e. The number of hydrogen-bond acceptors (Lipinski definition) is 7. The summed E-state index contributed by atoms with van der Waals surface area (Å²) in [5.74, 6) is -0.657. The van der Waals surface area contributed by atoms with Crippen molar-refractivity contribution in [3.05, 3.63) is 27.5 Å². The van der Waals surface area contributed by atoms with Crippen LogP contribution in [0.25, 0.3) is 0 Å². The summed E-state index contributed by atoms with van der Waals surface area (Å²) in [6, 6.07) is 0. The fourth-order valence-electron chi connectivity index (χ4n) is 2.94. The van der Waals surface area contributed by atoms with Crippen LogP contribution in [0, 0.1) is 20.8 Å². The number of rotatable bonds is 4. The van der Waals surface area contributed by atoms with Gasteiger partial charge in [0, 0.05) is 31.4 Å². The van der Waals surface area contributed by atoms with Crippen LogP contribution in [0.2, 0.25) is 0 Å². The summed E-state index contributed by atoms with van der Waals surface area (Å²) >= 11 is 1.32. The van der Waals surface area contributed by atoms with Crippen LogP contribution >= 0.6 is 11.3 Å². The number of amides is 2.